The minimum atomic E-state index is -0.0854. The molecule has 0 fully saturated rings. The number of nitrogens with one attached hydrogen (secondary N) is 1. The lowest BCUT2D eigenvalue weighted by molar-refractivity contribution is 0.870. The average molecular weight is 200 g/mol. The van der Waals surface area contributed by atoms with E-state index < -0.39 is 0 Å². The van der Waals surface area contributed by atoms with Crippen LogP contribution in [0.2, 0.25) is 0 Å². The molecule has 0 aromatic carbocycles. The normalized spacial score (nSPS) is 14.1. The highest BCUT2D eigenvalue weighted by molar-refractivity contribution is 5.54. The second kappa shape index (κ2) is 2.70. The number of rotatable bonds is 0. The molecule has 0 aliphatic heterocycles. The van der Waals surface area contributed by atoms with Crippen molar-refractivity contribution >= 4 is 5.65 Å². The molecular formula is C10H8N4O. The van der Waals surface area contributed by atoms with Gasteiger partial charge in [0.05, 0.1) is 6.20 Å². The van der Waals surface area contributed by atoms with Gasteiger partial charge in [0.25, 0.3) is 5.56 Å². The van der Waals surface area contributed by atoms with Crippen LogP contribution in [0.4, 0.5) is 0 Å². The van der Waals surface area contributed by atoms with Crippen LogP contribution in [-0.4, -0.2) is 14.6 Å². The smallest absolute Gasteiger partial charge is 0.277 e. The predicted molar refractivity (Wildman–Crippen MR) is 52.6 cm³/mol. The van der Waals surface area contributed by atoms with Crippen molar-refractivity contribution in [3.8, 4) is 6.07 Å². The van der Waals surface area contributed by atoms with E-state index in [9.17, 15) is 4.79 Å². The first-order chi connectivity index (χ1) is 7.31. The second-order valence-electron chi connectivity index (χ2n) is 3.67. The molecule has 0 saturated heterocycles. The van der Waals surface area contributed by atoms with Gasteiger partial charge in [-0.15, -0.1) is 0 Å². The van der Waals surface area contributed by atoms with Gasteiger partial charge in [-0.05, 0) is 19.3 Å². The maximum Gasteiger partial charge on any atom is 0.277 e. The van der Waals surface area contributed by atoms with E-state index in [0.717, 1.165) is 30.5 Å². The van der Waals surface area contributed by atoms with E-state index in [1.54, 1.807) is 0 Å². The summed E-state index contributed by atoms with van der Waals surface area (Å²) in [6.45, 7) is 0. The van der Waals surface area contributed by atoms with Gasteiger partial charge in [-0.3, -0.25) is 4.79 Å². The van der Waals surface area contributed by atoms with Crippen LogP contribution in [0.25, 0.3) is 5.65 Å². The molecule has 0 atom stereocenters. The van der Waals surface area contributed by atoms with Crippen LogP contribution in [0.1, 0.15) is 23.2 Å². The highest BCUT2D eigenvalue weighted by Crippen LogP contribution is 2.17. The summed E-state index contributed by atoms with van der Waals surface area (Å²) in [5, 5.41) is 12.8. The van der Waals surface area contributed by atoms with E-state index in [1.165, 1.54) is 10.7 Å². The summed E-state index contributed by atoms with van der Waals surface area (Å²) >= 11 is 0. The first-order valence-corrected chi connectivity index (χ1v) is 4.83. The van der Waals surface area contributed by atoms with Crippen LogP contribution in [0.3, 0.4) is 0 Å². The maximum absolute atomic E-state index is 11.9. The van der Waals surface area contributed by atoms with Crippen molar-refractivity contribution in [3.05, 3.63) is 33.4 Å². The van der Waals surface area contributed by atoms with Crippen molar-refractivity contribution in [2.75, 3.05) is 0 Å². The molecule has 0 amide bonds. The highest BCUT2D eigenvalue weighted by Gasteiger charge is 2.19. The van der Waals surface area contributed by atoms with Gasteiger partial charge >= 0.3 is 0 Å². The number of aromatic amines is 1. The Morgan fingerprint density at radius 3 is 3.20 bits per heavy atom. The molecule has 74 valence electrons. The van der Waals surface area contributed by atoms with Crippen LogP contribution < -0.4 is 5.56 Å². The molecule has 2 aromatic heterocycles. The van der Waals surface area contributed by atoms with E-state index in [0.29, 0.717) is 11.2 Å². The molecule has 1 aliphatic rings. The molecule has 5 nitrogen and oxygen atoms in total. The number of aryl methyl sites for hydroxylation is 1. The Labute approximate surface area is 85.0 Å². The Kier molecular flexibility index (Phi) is 1.48. The molecule has 0 bridgehead atoms. The molecule has 0 radical (unpaired) electrons. The number of nitriles is 1. The minimum Gasteiger partial charge on any atom is -0.342 e. The SMILES string of the molecule is N#Cc1cnn2c(=O)c3c([nH]c12)CCC3. The van der Waals surface area contributed by atoms with Crippen molar-refractivity contribution in [1.29, 1.82) is 5.26 Å². The summed E-state index contributed by atoms with van der Waals surface area (Å²) in [5.74, 6) is 0. The standard InChI is InChI=1S/C10H8N4O/c11-4-6-5-12-14-9(6)13-8-3-1-2-7(8)10(14)15/h5,13H,1-3H2. The van der Waals surface area contributed by atoms with Crippen molar-refractivity contribution in [2.24, 2.45) is 0 Å². The number of hydrogen-bond acceptors (Lipinski definition) is 3. The fourth-order valence-corrected chi connectivity index (χ4v) is 2.09. The average Bonchev–Trinajstić information content (AvgIpc) is 2.83. The lowest BCUT2D eigenvalue weighted by Crippen LogP contribution is -2.20. The zero-order chi connectivity index (χ0) is 10.4. The first kappa shape index (κ1) is 8.24. The van der Waals surface area contributed by atoms with Crippen molar-refractivity contribution in [2.45, 2.75) is 19.3 Å². The summed E-state index contributed by atoms with van der Waals surface area (Å²) < 4.78 is 1.28. The van der Waals surface area contributed by atoms with E-state index in [2.05, 4.69) is 10.1 Å². The third kappa shape index (κ3) is 0.960. The Balaban J connectivity index is 2.50. The number of aromatic nitrogens is 3. The quantitative estimate of drug-likeness (QED) is 0.668. The molecule has 15 heavy (non-hydrogen) atoms. The third-order valence-electron chi connectivity index (χ3n) is 2.83. The van der Waals surface area contributed by atoms with Crippen molar-refractivity contribution in [3.63, 3.8) is 0 Å². The summed E-state index contributed by atoms with van der Waals surface area (Å²) in [5.41, 5.74) is 2.63. The van der Waals surface area contributed by atoms with E-state index in [1.807, 2.05) is 6.07 Å². The van der Waals surface area contributed by atoms with Crippen molar-refractivity contribution in [1.82, 2.24) is 14.6 Å². The molecule has 0 saturated carbocycles. The predicted octanol–water partition coefficient (Wildman–Crippen LogP) is 0.383. The van der Waals surface area contributed by atoms with E-state index in [-0.39, 0.29) is 5.56 Å². The van der Waals surface area contributed by atoms with Gasteiger partial charge < -0.3 is 4.98 Å². The Bertz CT molecular complexity index is 644. The largest absolute Gasteiger partial charge is 0.342 e. The van der Waals surface area contributed by atoms with Crippen LogP contribution >= 0.6 is 0 Å². The molecule has 2 heterocycles. The van der Waals surface area contributed by atoms with Crippen LogP contribution in [-0.2, 0) is 12.8 Å². The van der Waals surface area contributed by atoms with Gasteiger partial charge in [-0.2, -0.15) is 14.9 Å². The number of H-pyrrole nitrogens is 1. The number of nitrogens with zero attached hydrogens (tertiary/aromatic N) is 3. The third-order valence-corrected chi connectivity index (χ3v) is 2.83. The number of fused-ring (bicyclic) bond motifs is 2. The van der Waals surface area contributed by atoms with Gasteiger partial charge in [-0.25, -0.2) is 0 Å². The lowest BCUT2D eigenvalue weighted by Gasteiger charge is -2.00. The maximum atomic E-state index is 11.9. The van der Waals surface area contributed by atoms with E-state index in [4.69, 9.17) is 5.26 Å². The van der Waals surface area contributed by atoms with Crippen LogP contribution in [0, 0.1) is 11.3 Å². The van der Waals surface area contributed by atoms with Crippen LogP contribution in [0.5, 0.6) is 0 Å². The zero-order valence-corrected chi connectivity index (χ0v) is 7.95. The number of hydrogen-bond donors (Lipinski definition) is 1. The summed E-state index contributed by atoms with van der Waals surface area (Å²) in [4.78, 5) is 15.0. The lowest BCUT2D eigenvalue weighted by atomic mass is 10.2. The molecular weight excluding hydrogens is 192 g/mol. The highest BCUT2D eigenvalue weighted by atomic mass is 16.1. The summed E-state index contributed by atoms with van der Waals surface area (Å²) in [7, 11) is 0. The van der Waals surface area contributed by atoms with Crippen molar-refractivity contribution < 1.29 is 0 Å². The van der Waals surface area contributed by atoms with Gasteiger partial charge in [0.1, 0.15) is 11.6 Å². The monoisotopic (exact) mass is 200 g/mol. The van der Waals surface area contributed by atoms with E-state index >= 15 is 0 Å². The van der Waals surface area contributed by atoms with Crippen LogP contribution in [0.15, 0.2) is 11.0 Å². The second-order valence-corrected chi connectivity index (χ2v) is 3.67. The summed E-state index contributed by atoms with van der Waals surface area (Å²) in [6.07, 6.45) is 4.11. The molecule has 3 rings (SSSR count). The molecule has 1 aliphatic carbocycles. The minimum absolute atomic E-state index is 0.0854. The Morgan fingerprint density at radius 2 is 2.40 bits per heavy atom. The topological polar surface area (TPSA) is 74.0 Å². The molecule has 1 N–H and O–H groups in total. The van der Waals surface area contributed by atoms with Gasteiger partial charge in [0, 0.05) is 11.3 Å². The summed E-state index contributed by atoms with van der Waals surface area (Å²) in [6, 6.07) is 2.01. The fraction of sp³-hybridized carbons (Fsp3) is 0.300. The zero-order valence-electron chi connectivity index (χ0n) is 7.95. The van der Waals surface area contributed by atoms with Gasteiger partial charge in [0.2, 0.25) is 0 Å². The fourth-order valence-electron chi connectivity index (χ4n) is 2.09. The molecule has 5 heteroatoms. The van der Waals surface area contributed by atoms with Gasteiger partial charge in [-0.1, -0.05) is 0 Å². The first-order valence-electron chi connectivity index (χ1n) is 4.83. The molecule has 0 unspecified atom stereocenters. The molecule has 0 spiro atoms. The molecule has 2 aromatic rings. The Hall–Kier alpha value is -2.09. The Morgan fingerprint density at radius 1 is 1.53 bits per heavy atom. The van der Waals surface area contributed by atoms with Gasteiger partial charge in [0.15, 0.2) is 5.65 Å².